The molecule has 2 aromatic rings. The van der Waals surface area contributed by atoms with Crippen molar-refractivity contribution in [1.82, 2.24) is 5.32 Å². The van der Waals surface area contributed by atoms with Crippen molar-refractivity contribution in [2.45, 2.75) is 0 Å². The summed E-state index contributed by atoms with van der Waals surface area (Å²) in [6, 6.07) is 13.0. The molecular weight excluding hydrogens is 340 g/mol. The van der Waals surface area contributed by atoms with Gasteiger partial charge in [0.05, 0.1) is 12.8 Å². The molecule has 2 amide bonds. The Hall–Kier alpha value is -3.19. The summed E-state index contributed by atoms with van der Waals surface area (Å²) in [5.41, 5.74) is 0.978. The van der Waals surface area contributed by atoms with Crippen LogP contribution in [0.2, 0.25) is 0 Å². The van der Waals surface area contributed by atoms with E-state index in [1.807, 2.05) is 0 Å². The quantitative estimate of drug-likeness (QED) is 0.502. The number of amides is 2. The molecule has 126 valence electrons. The standard InChI is InChI=1S/C18H14N2O4S/c1-24-15-5-3-2-4-14(15)20-17(23)13(16(22)19-18(20)25)10-11-6-8-12(21)9-7-11/h2-10,21H,1H3,(H,19,22,25)/b13-10-. The average Bonchev–Trinajstić information content (AvgIpc) is 2.60. The number of para-hydroxylation sites is 2. The molecule has 2 aromatic carbocycles. The second-order valence-electron chi connectivity index (χ2n) is 5.22. The molecule has 0 aliphatic carbocycles. The van der Waals surface area contributed by atoms with Gasteiger partial charge >= 0.3 is 0 Å². The third-order valence-corrected chi connectivity index (χ3v) is 3.92. The number of carbonyl (C=O) groups excluding carboxylic acids is 2. The van der Waals surface area contributed by atoms with E-state index in [1.54, 1.807) is 36.4 Å². The zero-order valence-corrected chi connectivity index (χ0v) is 14.0. The van der Waals surface area contributed by atoms with Crippen LogP contribution in [-0.4, -0.2) is 29.1 Å². The zero-order valence-electron chi connectivity index (χ0n) is 13.2. The van der Waals surface area contributed by atoms with Gasteiger partial charge in [0, 0.05) is 0 Å². The normalized spacial score (nSPS) is 16.1. The number of benzene rings is 2. The number of hydrogen-bond donors (Lipinski definition) is 2. The van der Waals surface area contributed by atoms with Crippen molar-refractivity contribution in [3.63, 3.8) is 0 Å². The van der Waals surface area contributed by atoms with Crippen molar-refractivity contribution >= 4 is 40.9 Å². The van der Waals surface area contributed by atoms with Gasteiger partial charge in [0.25, 0.3) is 11.8 Å². The van der Waals surface area contributed by atoms with Crippen LogP contribution in [0.25, 0.3) is 6.08 Å². The van der Waals surface area contributed by atoms with Gasteiger partial charge in [0.1, 0.15) is 17.1 Å². The first-order chi connectivity index (χ1) is 12.0. The van der Waals surface area contributed by atoms with Crippen LogP contribution in [0, 0.1) is 0 Å². The van der Waals surface area contributed by atoms with E-state index in [0.717, 1.165) is 0 Å². The van der Waals surface area contributed by atoms with Crippen LogP contribution in [0.3, 0.4) is 0 Å². The Balaban J connectivity index is 2.04. The van der Waals surface area contributed by atoms with E-state index in [0.29, 0.717) is 17.0 Å². The van der Waals surface area contributed by atoms with E-state index in [9.17, 15) is 14.7 Å². The van der Waals surface area contributed by atoms with Crippen LogP contribution in [0.15, 0.2) is 54.1 Å². The summed E-state index contributed by atoms with van der Waals surface area (Å²) in [5, 5.41) is 11.8. The molecule has 0 atom stereocenters. The maximum absolute atomic E-state index is 12.9. The van der Waals surface area contributed by atoms with Gasteiger partial charge in [0.2, 0.25) is 0 Å². The second kappa shape index (κ2) is 6.74. The van der Waals surface area contributed by atoms with Crippen LogP contribution >= 0.6 is 12.2 Å². The zero-order chi connectivity index (χ0) is 18.0. The van der Waals surface area contributed by atoms with Gasteiger partial charge in [-0.2, -0.15) is 0 Å². The first-order valence-corrected chi connectivity index (χ1v) is 7.75. The van der Waals surface area contributed by atoms with Crippen molar-refractivity contribution in [2.24, 2.45) is 0 Å². The largest absolute Gasteiger partial charge is 0.508 e. The number of thiocarbonyl (C=S) groups is 1. The number of rotatable bonds is 3. The molecule has 1 heterocycles. The molecule has 3 rings (SSSR count). The summed E-state index contributed by atoms with van der Waals surface area (Å²) in [6.45, 7) is 0. The molecule has 0 saturated carbocycles. The highest BCUT2D eigenvalue weighted by molar-refractivity contribution is 7.80. The molecule has 1 aliphatic rings. The van der Waals surface area contributed by atoms with Crippen molar-refractivity contribution in [1.29, 1.82) is 0 Å². The molecule has 0 spiro atoms. The number of nitrogens with one attached hydrogen (secondary N) is 1. The van der Waals surface area contributed by atoms with Gasteiger partial charge in [-0.3, -0.25) is 14.9 Å². The molecule has 25 heavy (non-hydrogen) atoms. The molecule has 1 aliphatic heterocycles. The third-order valence-electron chi connectivity index (χ3n) is 3.63. The number of phenols is 1. The number of anilines is 1. The van der Waals surface area contributed by atoms with Gasteiger partial charge in [-0.1, -0.05) is 24.3 Å². The summed E-state index contributed by atoms with van der Waals surface area (Å²) in [5.74, 6) is -0.572. The van der Waals surface area contributed by atoms with E-state index in [1.165, 1.54) is 30.2 Å². The fourth-order valence-corrected chi connectivity index (χ4v) is 2.70. The van der Waals surface area contributed by atoms with Crippen LogP contribution in [-0.2, 0) is 9.59 Å². The van der Waals surface area contributed by atoms with Gasteiger partial charge in [0.15, 0.2) is 5.11 Å². The minimum Gasteiger partial charge on any atom is -0.508 e. The minimum absolute atomic E-state index is 0.0117. The first-order valence-electron chi connectivity index (χ1n) is 7.35. The highest BCUT2D eigenvalue weighted by Crippen LogP contribution is 2.30. The minimum atomic E-state index is -0.575. The highest BCUT2D eigenvalue weighted by atomic mass is 32.1. The monoisotopic (exact) mass is 354 g/mol. The van der Waals surface area contributed by atoms with E-state index in [4.69, 9.17) is 17.0 Å². The van der Waals surface area contributed by atoms with E-state index < -0.39 is 11.8 Å². The maximum atomic E-state index is 12.9. The number of aromatic hydroxyl groups is 1. The molecular formula is C18H14N2O4S. The van der Waals surface area contributed by atoms with Crippen LogP contribution in [0.1, 0.15) is 5.56 Å². The SMILES string of the molecule is COc1ccccc1N1C(=O)/C(=C\c2ccc(O)cc2)C(=O)NC1=S. The lowest BCUT2D eigenvalue weighted by molar-refractivity contribution is -0.122. The Bertz CT molecular complexity index is 890. The number of hydrogen-bond acceptors (Lipinski definition) is 5. The predicted octanol–water partition coefficient (Wildman–Crippen LogP) is 2.23. The van der Waals surface area contributed by atoms with Gasteiger partial charge in [-0.25, -0.2) is 4.90 Å². The van der Waals surface area contributed by atoms with E-state index >= 15 is 0 Å². The fraction of sp³-hybridized carbons (Fsp3) is 0.0556. The van der Waals surface area contributed by atoms with Crippen molar-refractivity contribution in [2.75, 3.05) is 12.0 Å². The number of carbonyl (C=O) groups is 2. The summed E-state index contributed by atoms with van der Waals surface area (Å²) in [4.78, 5) is 26.3. The summed E-state index contributed by atoms with van der Waals surface area (Å²) in [7, 11) is 1.49. The van der Waals surface area contributed by atoms with E-state index in [2.05, 4.69) is 5.32 Å². The van der Waals surface area contributed by atoms with Gasteiger partial charge in [-0.05, 0) is 48.1 Å². The molecule has 0 unspecified atom stereocenters. The van der Waals surface area contributed by atoms with Gasteiger partial charge < -0.3 is 9.84 Å². The molecule has 0 bridgehead atoms. The highest BCUT2D eigenvalue weighted by Gasteiger charge is 2.35. The average molecular weight is 354 g/mol. The summed E-state index contributed by atoms with van der Waals surface area (Å²) < 4.78 is 5.28. The van der Waals surface area contributed by atoms with Crippen LogP contribution in [0.5, 0.6) is 11.5 Å². The smallest absolute Gasteiger partial charge is 0.270 e. The summed E-state index contributed by atoms with van der Waals surface area (Å²) >= 11 is 5.16. The van der Waals surface area contributed by atoms with Crippen LogP contribution < -0.4 is 15.0 Å². The topological polar surface area (TPSA) is 78.9 Å². The Morgan fingerprint density at radius 2 is 1.80 bits per heavy atom. The molecule has 1 saturated heterocycles. The molecule has 6 nitrogen and oxygen atoms in total. The summed E-state index contributed by atoms with van der Waals surface area (Å²) in [6.07, 6.45) is 1.45. The second-order valence-corrected chi connectivity index (χ2v) is 5.61. The van der Waals surface area contributed by atoms with Crippen LogP contribution in [0.4, 0.5) is 5.69 Å². The van der Waals surface area contributed by atoms with Gasteiger partial charge in [-0.15, -0.1) is 0 Å². The lowest BCUT2D eigenvalue weighted by atomic mass is 10.1. The molecule has 1 fully saturated rings. The molecule has 2 N–H and O–H groups in total. The maximum Gasteiger partial charge on any atom is 0.270 e. The van der Waals surface area contributed by atoms with E-state index in [-0.39, 0.29) is 16.4 Å². The lowest BCUT2D eigenvalue weighted by Gasteiger charge is -2.29. The lowest BCUT2D eigenvalue weighted by Crippen LogP contribution is -2.54. The Kier molecular flexibility index (Phi) is 4.49. The number of phenolic OH excluding ortho intramolecular Hbond substituents is 1. The molecule has 7 heteroatoms. The third kappa shape index (κ3) is 3.22. The Morgan fingerprint density at radius 1 is 1.12 bits per heavy atom. The van der Waals surface area contributed by atoms with Crippen molar-refractivity contribution in [3.05, 3.63) is 59.7 Å². The molecule has 0 aromatic heterocycles. The number of methoxy groups -OCH3 is 1. The number of nitrogens with zero attached hydrogens (tertiary/aromatic N) is 1. The van der Waals surface area contributed by atoms with Crippen molar-refractivity contribution in [3.8, 4) is 11.5 Å². The fourth-order valence-electron chi connectivity index (χ4n) is 2.43. The predicted molar refractivity (Wildman–Crippen MR) is 97.3 cm³/mol. The first kappa shape index (κ1) is 16.7. The Labute approximate surface area is 149 Å². The van der Waals surface area contributed by atoms with Crippen molar-refractivity contribution < 1.29 is 19.4 Å². The Morgan fingerprint density at radius 3 is 2.48 bits per heavy atom. The molecule has 0 radical (unpaired) electrons. The number of ether oxygens (including phenoxy) is 1.